The van der Waals surface area contributed by atoms with Gasteiger partial charge in [0.2, 0.25) is 0 Å². The molecule has 8 rings (SSSR count). The third-order valence-corrected chi connectivity index (χ3v) is 9.99. The van der Waals surface area contributed by atoms with Gasteiger partial charge in [0.1, 0.15) is 0 Å². The predicted octanol–water partition coefficient (Wildman–Crippen LogP) is 8.44. The summed E-state index contributed by atoms with van der Waals surface area (Å²) >= 11 is -0.953. The van der Waals surface area contributed by atoms with E-state index >= 15 is 0 Å². The van der Waals surface area contributed by atoms with Crippen LogP contribution in [0.3, 0.4) is 0 Å². The Morgan fingerprint density at radius 2 is 1.04 bits per heavy atom. The van der Waals surface area contributed by atoms with Crippen LogP contribution in [0.15, 0.2) is 146 Å². The molecule has 0 saturated carbocycles. The molecule has 2 aliphatic rings. The summed E-state index contributed by atoms with van der Waals surface area (Å²) in [5.41, 5.74) is 5.16. The molecule has 2 heterocycles. The van der Waals surface area contributed by atoms with Gasteiger partial charge in [0.25, 0.3) is 0 Å². The van der Waals surface area contributed by atoms with E-state index in [1.807, 2.05) is 60.7 Å². The molecule has 2 radical (unpaired) electrons. The number of rotatable bonds is 9. The summed E-state index contributed by atoms with van der Waals surface area (Å²) in [5.74, 6) is 0. The molecular formula is C44H45GaN4O2Zr. The molecule has 52 heavy (non-hydrogen) atoms. The van der Waals surface area contributed by atoms with Crippen LogP contribution in [0.2, 0.25) is 0 Å². The van der Waals surface area contributed by atoms with Crippen molar-refractivity contribution in [1.82, 2.24) is 8.05 Å². The molecule has 0 spiro atoms. The molecule has 6 aromatic carbocycles. The Hall–Kier alpha value is -4.36. The van der Waals surface area contributed by atoms with Crippen LogP contribution in [-0.4, -0.2) is 56.9 Å². The molecular weight excluding hydrogens is 777 g/mol. The summed E-state index contributed by atoms with van der Waals surface area (Å²) in [6.07, 6.45) is 15.8. The molecule has 2 saturated heterocycles. The minimum absolute atomic E-state index is 0. The van der Waals surface area contributed by atoms with E-state index in [1.54, 1.807) is 0 Å². The van der Waals surface area contributed by atoms with Crippen molar-refractivity contribution in [3.8, 4) is 0 Å². The van der Waals surface area contributed by atoms with Gasteiger partial charge >= 0.3 is 74.6 Å². The maximum Gasteiger partial charge on any atom is 3.00 e. The van der Waals surface area contributed by atoms with Crippen molar-refractivity contribution >= 4 is 69.7 Å². The van der Waals surface area contributed by atoms with Gasteiger partial charge < -0.3 is 9.80 Å². The second-order valence-electron chi connectivity index (χ2n) is 12.2. The van der Waals surface area contributed by atoms with Crippen LogP contribution >= 0.6 is 0 Å². The first-order valence-corrected chi connectivity index (χ1v) is 20.1. The van der Waals surface area contributed by atoms with Crippen LogP contribution in [0.1, 0.15) is 36.8 Å². The molecule has 0 aromatic heterocycles. The molecule has 2 N–H and O–H groups in total. The SMILES string of the molecule is O=C[NH][Ga][NH]C=O.[C-](=CC=Cc1ccccc1)c1ccccc1.[Zr+3].c1ccc2c(N3CCCC3)c[cH-]c2c1.c1ccc2c(N3CCCC3)c[cH-]c2c1. The summed E-state index contributed by atoms with van der Waals surface area (Å²) < 4.78 is 4.76. The van der Waals surface area contributed by atoms with E-state index in [0.717, 1.165) is 5.56 Å². The van der Waals surface area contributed by atoms with E-state index in [-0.39, 0.29) is 26.2 Å². The van der Waals surface area contributed by atoms with Crippen molar-refractivity contribution in [3.63, 3.8) is 0 Å². The van der Waals surface area contributed by atoms with Gasteiger partial charge in [0, 0.05) is 26.2 Å². The van der Waals surface area contributed by atoms with E-state index in [1.165, 1.54) is 90.3 Å². The van der Waals surface area contributed by atoms with Crippen molar-refractivity contribution in [2.75, 3.05) is 36.0 Å². The normalized spacial score (nSPS) is 13.3. The zero-order valence-electron chi connectivity index (χ0n) is 29.5. The molecule has 260 valence electrons. The van der Waals surface area contributed by atoms with E-state index in [0.29, 0.717) is 12.8 Å². The first kappa shape index (κ1) is 40.4. The maximum absolute atomic E-state index is 9.45. The van der Waals surface area contributed by atoms with Crippen LogP contribution < -0.4 is 17.8 Å². The predicted molar refractivity (Wildman–Crippen MR) is 215 cm³/mol. The van der Waals surface area contributed by atoms with Gasteiger partial charge in [0.15, 0.2) is 0 Å². The van der Waals surface area contributed by atoms with Gasteiger partial charge in [0.05, 0.1) is 0 Å². The van der Waals surface area contributed by atoms with E-state index < -0.39 is 17.9 Å². The molecule has 0 unspecified atom stereocenters. The molecule has 6 aromatic rings. The minimum atomic E-state index is -0.953. The number of allylic oxidation sites excluding steroid dienone is 2. The summed E-state index contributed by atoms with van der Waals surface area (Å²) in [6.45, 7) is 4.92. The smallest absolute Gasteiger partial charge is 0.417 e. The van der Waals surface area contributed by atoms with E-state index in [4.69, 9.17) is 0 Å². The molecule has 0 bridgehead atoms. The largest absolute Gasteiger partial charge is 3.00 e. The standard InChI is InChI=1S/C16H13.2C13H14N.2CH3NO.Ga.Zr/c1-3-9-15(10-4-1)13-7-8-14-16-11-5-2-6-12-16;2*1-2-6-12-11(5-1)7-8-13(12)14-9-3-4-10-14;2*2-1-3;;/h1-13H;2*1-2,5-8H,3-4,9-10H2;2*1H,(H2,2,3);;/q3*-1;;;+2;+3/p-2. The molecule has 2 aliphatic heterocycles. The van der Waals surface area contributed by atoms with Crippen molar-refractivity contribution < 1.29 is 35.8 Å². The second kappa shape index (κ2) is 23.3. The van der Waals surface area contributed by atoms with E-state index in [2.05, 4.69) is 115 Å². The monoisotopic (exact) mass is 820 g/mol. The van der Waals surface area contributed by atoms with Crippen LogP contribution in [0.5, 0.6) is 0 Å². The Morgan fingerprint density at radius 3 is 1.52 bits per heavy atom. The number of amides is 2. The Morgan fingerprint density at radius 1 is 0.596 bits per heavy atom. The van der Waals surface area contributed by atoms with Gasteiger partial charge in [-0.1, -0.05) is 66.0 Å². The van der Waals surface area contributed by atoms with E-state index in [9.17, 15) is 9.59 Å². The Bertz CT molecular complexity index is 1800. The second-order valence-corrected chi connectivity index (χ2v) is 14.2. The molecule has 2 amide bonds. The average molecular weight is 823 g/mol. The number of nitrogens with one attached hydrogen (secondary N) is 2. The number of benzene rings is 4. The number of carbonyl (C=O) groups is 2. The molecule has 0 aliphatic carbocycles. The molecule has 6 nitrogen and oxygen atoms in total. The number of nitrogens with zero attached hydrogens (tertiary/aromatic N) is 2. The van der Waals surface area contributed by atoms with Gasteiger partial charge in [-0.15, -0.1) is 130 Å². The van der Waals surface area contributed by atoms with Crippen LogP contribution in [0.25, 0.3) is 27.6 Å². The zero-order chi connectivity index (χ0) is 35.4. The fourth-order valence-electron chi connectivity index (χ4n) is 6.25. The summed E-state index contributed by atoms with van der Waals surface area (Å²) in [4.78, 5) is 23.9. The van der Waals surface area contributed by atoms with Crippen LogP contribution in [0.4, 0.5) is 11.4 Å². The first-order chi connectivity index (χ1) is 25.3. The third-order valence-electron chi connectivity index (χ3n) is 8.72. The molecule has 0 atom stereocenters. The number of hydrogen-bond acceptors (Lipinski definition) is 4. The quantitative estimate of drug-likeness (QED) is 0.0506. The molecule has 8 heteroatoms. The van der Waals surface area contributed by atoms with Gasteiger partial charge in [-0.25, -0.2) is 0 Å². The Kier molecular flexibility index (Phi) is 18.1. The molecule has 2 fully saturated rings. The van der Waals surface area contributed by atoms with Crippen molar-refractivity contribution in [2.24, 2.45) is 0 Å². The summed E-state index contributed by atoms with van der Waals surface area (Å²) in [5, 5.41) is 5.56. The minimum Gasteiger partial charge on any atom is -0.417 e. The maximum atomic E-state index is 9.45. The number of fused-ring (bicyclic) bond motifs is 2. The Balaban J connectivity index is 0.000000159. The third kappa shape index (κ3) is 12.7. The van der Waals surface area contributed by atoms with Crippen molar-refractivity contribution in [1.29, 1.82) is 0 Å². The van der Waals surface area contributed by atoms with Crippen LogP contribution in [0, 0.1) is 6.08 Å². The number of anilines is 2. The van der Waals surface area contributed by atoms with Gasteiger partial charge in [-0.2, -0.15) is 0 Å². The average Bonchev–Trinajstić information content (AvgIpc) is 4.03. The number of hydrogen-bond donors (Lipinski definition) is 2. The van der Waals surface area contributed by atoms with Gasteiger partial charge in [-0.05, 0) is 31.2 Å². The van der Waals surface area contributed by atoms with Gasteiger partial charge in [-0.3, -0.25) is 0 Å². The number of carbonyl (C=O) groups excluding carboxylic acids is 2. The summed E-state index contributed by atoms with van der Waals surface area (Å²) in [6, 6.07) is 46.6. The fourth-order valence-corrected chi connectivity index (χ4v) is 6.74. The summed E-state index contributed by atoms with van der Waals surface area (Å²) in [7, 11) is 0. The fraction of sp³-hybridized carbons (Fsp3) is 0.182. The topological polar surface area (TPSA) is 64.7 Å². The van der Waals surface area contributed by atoms with Crippen molar-refractivity contribution in [3.05, 3.63) is 163 Å². The van der Waals surface area contributed by atoms with Crippen LogP contribution in [-0.2, 0) is 35.8 Å². The first-order valence-electron chi connectivity index (χ1n) is 17.6. The zero-order valence-corrected chi connectivity index (χ0v) is 34.4. The van der Waals surface area contributed by atoms with Crippen molar-refractivity contribution in [2.45, 2.75) is 25.7 Å². The Labute approximate surface area is 335 Å².